The van der Waals surface area contributed by atoms with E-state index in [9.17, 15) is 14.4 Å². The number of nitriles is 1. The van der Waals surface area contributed by atoms with Crippen molar-refractivity contribution >= 4 is 29.2 Å². The maximum Gasteiger partial charge on any atom is 0.323 e. The largest absolute Gasteiger partial charge is 0.323 e. The van der Waals surface area contributed by atoms with E-state index in [4.69, 9.17) is 5.26 Å². The zero-order chi connectivity index (χ0) is 19.8. The normalized spacial score (nSPS) is 13.2. The van der Waals surface area contributed by atoms with E-state index in [1.807, 2.05) is 6.07 Å². The van der Waals surface area contributed by atoms with Gasteiger partial charge in [-0.3, -0.25) is 14.5 Å². The highest BCUT2D eigenvalue weighted by Crippen LogP contribution is 2.31. The number of nitrogens with one attached hydrogen (secondary N) is 2. The van der Waals surface area contributed by atoms with Crippen molar-refractivity contribution < 1.29 is 14.4 Å². The molecule has 1 aliphatic rings. The van der Waals surface area contributed by atoms with E-state index in [0.717, 1.165) is 0 Å². The van der Waals surface area contributed by atoms with Crippen LogP contribution >= 0.6 is 0 Å². The molecule has 136 valence electrons. The molecule has 0 saturated heterocycles. The van der Waals surface area contributed by atoms with Gasteiger partial charge >= 0.3 is 6.03 Å². The number of carbonyl (C=O) groups is 3. The Morgan fingerprint density at radius 1 is 1.00 bits per heavy atom. The minimum absolute atomic E-state index is 0.255. The number of para-hydroxylation sites is 1. The van der Waals surface area contributed by atoms with Crippen molar-refractivity contribution in [1.29, 1.82) is 5.26 Å². The van der Waals surface area contributed by atoms with Gasteiger partial charge in [-0.1, -0.05) is 12.1 Å². The Bertz CT molecular complexity index is 999. The molecule has 7 heteroatoms. The predicted octanol–water partition coefficient (Wildman–Crippen LogP) is 3.60. The molecule has 2 aromatic rings. The molecule has 0 aromatic heterocycles. The highest BCUT2D eigenvalue weighted by Gasteiger charge is 2.41. The van der Waals surface area contributed by atoms with Crippen molar-refractivity contribution in [1.82, 2.24) is 4.90 Å². The van der Waals surface area contributed by atoms with Gasteiger partial charge in [0.1, 0.15) is 6.07 Å². The lowest BCUT2D eigenvalue weighted by molar-refractivity contribution is 0.0507. The van der Waals surface area contributed by atoms with Gasteiger partial charge in [-0.05, 0) is 51.1 Å². The fourth-order valence-corrected chi connectivity index (χ4v) is 2.90. The van der Waals surface area contributed by atoms with E-state index < -0.39 is 11.6 Å². The van der Waals surface area contributed by atoms with Gasteiger partial charge in [0.05, 0.1) is 22.4 Å². The van der Waals surface area contributed by atoms with Gasteiger partial charge in [-0.2, -0.15) is 5.26 Å². The number of urea groups is 1. The van der Waals surface area contributed by atoms with E-state index in [-0.39, 0.29) is 17.4 Å². The zero-order valence-electron chi connectivity index (χ0n) is 15.2. The number of anilines is 2. The molecule has 0 unspecified atom stereocenters. The lowest BCUT2D eigenvalue weighted by Gasteiger charge is -2.29. The van der Waals surface area contributed by atoms with Gasteiger partial charge in [0.2, 0.25) is 0 Å². The van der Waals surface area contributed by atoms with E-state index >= 15 is 0 Å². The number of fused-ring (bicyclic) bond motifs is 1. The van der Waals surface area contributed by atoms with Crippen LogP contribution in [-0.4, -0.2) is 28.3 Å². The topological polar surface area (TPSA) is 102 Å². The Balaban J connectivity index is 1.80. The van der Waals surface area contributed by atoms with Gasteiger partial charge in [-0.25, -0.2) is 4.79 Å². The van der Waals surface area contributed by atoms with Gasteiger partial charge in [0.15, 0.2) is 0 Å². The minimum atomic E-state index is -0.640. The van der Waals surface area contributed by atoms with Crippen LogP contribution < -0.4 is 10.6 Å². The molecule has 2 aromatic carbocycles. The average Bonchev–Trinajstić information content (AvgIpc) is 2.85. The van der Waals surface area contributed by atoms with Crippen LogP contribution in [0.5, 0.6) is 0 Å². The lowest BCUT2D eigenvalue weighted by atomic mass is 10.1. The van der Waals surface area contributed by atoms with E-state index in [2.05, 4.69) is 10.6 Å². The van der Waals surface area contributed by atoms with Gasteiger partial charge in [0, 0.05) is 11.2 Å². The smallest absolute Gasteiger partial charge is 0.308 e. The highest BCUT2D eigenvalue weighted by atomic mass is 16.2. The van der Waals surface area contributed by atoms with Crippen LogP contribution in [0.4, 0.5) is 16.2 Å². The van der Waals surface area contributed by atoms with Crippen molar-refractivity contribution in [3.8, 4) is 6.07 Å². The summed E-state index contributed by atoms with van der Waals surface area (Å²) in [5.41, 5.74) is 1.02. The van der Waals surface area contributed by atoms with Crippen molar-refractivity contribution in [3.63, 3.8) is 0 Å². The Kier molecular flexibility index (Phi) is 4.42. The van der Waals surface area contributed by atoms with Crippen molar-refractivity contribution in [2.24, 2.45) is 0 Å². The zero-order valence-corrected chi connectivity index (χ0v) is 15.2. The summed E-state index contributed by atoms with van der Waals surface area (Å²) >= 11 is 0. The van der Waals surface area contributed by atoms with Gasteiger partial charge in [-0.15, -0.1) is 0 Å². The molecule has 0 atom stereocenters. The summed E-state index contributed by atoms with van der Waals surface area (Å²) in [4.78, 5) is 38.5. The first kappa shape index (κ1) is 18.1. The molecule has 27 heavy (non-hydrogen) atoms. The highest BCUT2D eigenvalue weighted by molar-refractivity contribution is 6.22. The summed E-state index contributed by atoms with van der Waals surface area (Å²) in [7, 11) is 0. The second-order valence-corrected chi connectivity index (χ2v) is 7.11. The molecule has 0 saturated carbocycles. The monoisotopic (exact) mass is 362 g/mol. The van der Waals surface area contributed by atoms with Gasteiger partial charge < -0.3 is 10.6 Å². The molecule has 4 amide bonds. The van der Waals surface area contributed by atoms with Crippen LogP contribution in [0.1, 0.15) is 47.1 Å². The first-order valence-corrected chi connectivity index (χ1v) is 8.32. The molecule has 0 aliphatic carbocycles. The predicted molar refractivity (Wildman–Crippen MR) is 100 cm³/mol. The Hall–Kier alpha value is -3.66. The van der Waals surface area contributed by atoms with Crippen LogP contribution in [0.15, 0.2) is 42.5 Å². The molecule has 0 spiro atoms. The molecule has 0 radical (unpaired) electrons. The molecular weight excluding hydrogens is 344 g/mol. The van der Waals surface area contributed by atoms with E-state index in [1.54, 1.807) is 51.1 Å². The number of carbonyl (C=O) groups excluding carboxylic acids is 3. The van der Waals surface area contributed by atoms with Crippen molar-refractivity contribution in [3.05, 3.63) is 59.2 Å². The van der Waals surface area contributed by atoms with Crippen LogP contribution in [-0.2, 0) is 0 Å². The number of hydrogen-bond acceptors (Lipinski definition) is 4. The molecule has 7 nitrogen and oxygen atoms in total. The van der Waals surface area contributed by atoms with Crippen molar-refractivity contribution in [2.75, 3.05) is 10.6 Å². The van der Waals surface area contributed by atoms with Gasteiger partial charge in [0.25, 0.3) is 11.8 Å². The maximum atomic E-state index is 12.6. The summed E-state index contributed by atoms with van der Waals surface area (Å²) in [6.45, 7) is 5.36. The number of rotatable bonds is 2. The quantitative estimate of drug-likeness (QED) is 0.797. The van der Waals surface area contributed by atoms with E-state index in [0.29, 0.717) is 22.5 Å². The Morgan fingerprint density at radius 3 is 2.33 bits per heavy atom. The molecule has 0 bridgehead atoms. The molecule has 0 fully saturated rings. The third-order valence-electron chi connectivity index (χ3n) is 4.11. The number of benzene rings is 2. The van der Waals surface area contributed by atoms with Crippen LogP contribution in [0.25, 0.3) is 0 Å². The maximum absolute atomic E-state index is 12.6. The minimum Gasteiger partial charge on any atom is -0.308 e. The summed E-state index contributed by atoms with van der Waals surface area (Å²) in [6.07, 6.45) is 0. The second kappa shape index (κ2) is 6.57. The SMILES string of the molecule is CC(C)(C)N1C(=O)c2ccc(NC(=O)Nc3ccccc3C#N)cc2C1=O. The number of hydrogen-bond donors (Lipinski definition) is 2. The van der Waals surface area contributed by atoms with E-state index in [1.165, 1.54) is 17.0 Å². The standard InChI is InChI=1S/C20H18N4O3/c1-20(2,3)24-17(25)14-9-8-13(10-15(14)18(24)26)22-19(27)23-16-7-5-4-6-12(16)11-21/h4-10H,1-3H3,(H2,22,23,27). The summed E-state index contributed by atoms with van der Waals surface area (Å²) in [5.74, 6) is -0.733. The fraction of sp³-hybridized carbons (Fsp3) is 0.200. The second-order valence-electron chi connectivity index (χ2n) is 7.11. The molecule has 1 heterocycles. The Labute approximate surface area is 156 Å². The number of imide groups is 1. The third-order valence-corrected chi connectivity index (χ3v) is 4.11. The third kappa shape index (κ3) is 3.37. The number of nitrogens with zero attached hydrogens (tertiary/aromatic N) is 2. The van der Waals surface area contributed by atoms with Crippen LogP contribution in [0.2, 0.25) is 0 Å². The molecular formula is C20H18N4O3. The Morgan fingerprint density at radius 2 is 1.67 bits per heavy atom. The van der Waals surface area contributed by atoms with Crippen LogP contribution in [0.3, 0.4) is 0 Å². The first-order chi connectivity index (χ1) is 12.7. The fourth-order valence-electron chi connectivity index (χ4n) is 2.90. The summed E-state index contributed by atoms with van der Waals surface area (Å²) in [6, 6.07) is 12.6. The average molecular weight is 362 g/mol. The molecule has 2 N–H and O–H groups in total. The first-order valence-electron chi connectivity index (χ1n) is 8.32. The molecule has 1 aliphatic heterocycles. The van der Waals surface area contributed by atoms with Crippen molar-refractivity contribution in [2.45, 2.75) is 26.3 Å². The number of amides is 4. The van der Waals surface area contributed by atoms with Crippen LogP contribution in [0, 0.1) is 11.3 Å². The molecule has 3 rings (SSSR count). The lowest BCUT2D eigenvalue weighted by Crippen LogP contribution is -2.45. The summed E-state index contributed by atoms with van der Waals surface area (Å²) in [5, 5.41) is 14.3. The summed E-state index contributed by atoms with van der Waals surface area (Å²) < 4.78 is 0.